The van der Waals surface area contributed by atoms with Gasteiger partial charge in [-0.3, -0.25) is 9.78 Å². The van der Waals surface area contributed by atoms with Crippen molar-refractivity contribution >= 4 is 28.4 Å². The highest BCUT2D eigenvalue weighted by Crippen LogP contribution is 2.18. The average Bonchev–Trinajstić information content (AvgIpc) is 2.40. The first-order valence-electron chi connectivity index (χ1n) is 6.47. The molecule has 19 heavy (non-hydrogen) atoms. The number of likely N-dealkylation sites (N-methyl/N-ethyl adjacent to an activating group) is 1. The number of hydrogen-bond acceptors (Lipinski definition) is 2. The van der Waals surface area contributed by atoms with Gasteiger partial charge in [-0.05, 0) is 38.1 Å². The monoisotopic (exact) mass is 276 g/mol. The van der Waals surface area contributed by atoms with Crippen LogP contribution in [0.2, 0.25) is 5.02 Å². The van der Waals surface area contributed by atoms with Crippen LogP contribution >= 0.6 is 11.6 Å². The molecule has 0 aliphatic carbocycles. The molecule has 0 fully saturated rings. The summed E-state index contributed by atoms with van der Waals surface area (Å²) < 4.78 is 0. The maximum atomic E-state index is 12.0. The molecular weight excluding hydrogens is 260 g/mol. The molecule has 0 atom stereocenters. The minimum atomic E-state index is 0.116. The summed E-state index contributed by atoms with van der Waals surface area (Å²) in [7, 11) is 0. The molecular formula is C15H17ClN2O. The van der Waals surface area contributed by atoms with Gasteiger partial charge in [-0.2, -0.15) is 0 Å². The highest BCUT2D eigenvalue weighted by atomic mass is 35.5. The predicted octanol–water partition coefficient (Wildman–Crippen LogP) is 3.30. The SMILES string of the molecule is CCN(CC)C(=O)Cc1ccc2cc(Cl)ccc2n1. The van der Waals surface area contributed by atoms with Crippen LogP contribution in [0.1, 0.15) is 19.5 Å². The summed E-state index contributed by atoms with van der Waals surface area (Å²) in [5.74, 6) is 0.116. The summed E-state index contributed by atoms with van der Waals surface area (Å²) in [6.07, 6.45) is 0.347. The first-order valence-corrected chi connectivity index (χ1v) is 6.84. The molecule has 1 aromatic heterocycles. The summed E-state index contributed by atoms with van der Waals surface area (Å²) in [4.78, 5) is 18.3. The third-order valence-electron chi connectivity index (χ3n) is 3.16. The number of hydrogen-bond donors (Lipinski definition) is 0. The Morgan fingerprint density at radius 3 is 2.63 bits per heavy atom. The highest BCUT2D eigenvalue weighted by Gasteiger charge is 2.11. The fraction of sp³-hybridized carbons (Fsp3) is 0.333. The van der Waals surface area contributed by atoms with Gasteiger partial charge in [0.1, 0.15) is 0 Å². The lowest BCUT2D eigenvalue weighted by atomic mass is 10.1. The maximum Gasteiger partial charge on any atom is 0.228 e. The van der Waals surface area contributed by atoms with Crippen molar-refractivity contribution in [1.29, 1.82) is 0 Å². The molecule has 0 bridgehead atoms. The van der Waals surface area contributed by atoms with E-state index in [1.807, 2.05) is 49.1 Å². The van der Waals surface area contributed by atoms with Crippen molar-refractivity contribution in [3.63, 3.8) is 0 Å². The summed E-state index contributed by atoms with van der Waals surface area (Å²) >= 11 is 5.93. The molecule has 1 amide bonds. The second kappa shape index (κ2) is 6.02. The Hall–Kier alpha value is -1.61. The number of carbonyl (C=O) groups excluding carboxylic acids is 1. The van der Waals surface area contributed by atoms with Gasteiger partial charge in [-0.25, -0.2) is 0 Å². The van der Waals surface area contributed by atoms with Gasteiger partial charge in [0.25, 0.3) is 0 Å². The number of halogens is 1. The van der Waals surface area contributed by atoms with E-state index in [0.29, 0.717) is 11.4 Å². The summed E-state index contributed by atoms with van der Waals surface area (Å²) in [6, 6.07) is 9.41. The molecule has 1 heterocycles. The molecule has 0 aliphatic rings. The topological polar surface area (TPSA) is 33.2 Å². The van der Waals surface area contributed by atoms with Gasteiger partial charge in [-0.15, -0.1) is 0 Å². The minimum absolute atomic E-state index is 0.116. The molecule has 2 aromatic rings. The van der Waals surface area contributed by atoms with E-state index in [0.717, 1.165) is 29.7 Å². The fourth-order valence-electron chi connectivity index (χ4n) is 2.08. The van der Waals surface area contributed by atoms with Gasteiger partial charge in [0.2, 0.25) is 5.91 Å². The molecule has 100 valence electrons. The summed E-state index contributed by atoms with van der Waals surface area (Å²) in [5, 5.41) is 1.69. The second-order valence-electron chi connectivity index (χ2n) is 4.38. The Bertz CT molecular complexity index is 594. The lowest BCUT2D eigenvalue weighted by Crippen LogP contribution is -2.31. The number of pyridine rings is 1. The Labute approximate surface area is 118 Å². The van der Waals surface area contributed by atoms with Crippen molar-refractivity contribution in [1.82, 2.24) is 9.88 Å². The van der Waals surface area contributed by atoms with Crippen LogP contribution in [-0.4, -0.2) is 28.9 Å². The van der Waals surface area contributed by atoms with Crippen LogP contribution in [0.3, 0.4) is 0 Å². The Balaban J connectivity index is 2.22. The molecule has 0 aliphatic heterocycles. The van der Waals surface area contributed by atoms with Gasteiger partial charge in [0.05, 0.1) is 17.6 Å². The number of rotatable bonds is 4. The zero-order valence-corrected chi connectivity index (χ0v) is 11.9. The third-order valence-corrected chi connectivity index (χ3v) is 3.39. The normalized spacial score (nSPS) is 10.7. The molecule has 0 saturated carbocycles. The van der Waals surface area contributed by atoms with Gasteiger partial charge in [-0.1, -0.05) is 17.7 Å². The molecule has 0 spiro atoms. The number of aromatic nitrogens is 1. The van der Waals surface area contributed by atoms with Crippen molar-refractivity contribution in [3.05, 3.63) is 41.0 Å². The zero-order valence-electron chi connectivity index (χ0n) is 11.2. The summed E-state index contributed by atoms with van der Waals surface area (Å²) in [6.45, 7) is 5.44. The van der Waals surface area contributed by atoms with E-state index in [9.17, 15) is 4.79 Å². The molecule has 1 aromatic carbocycles. The maximum absolute atomic E-state index is 12.0. The Morgan fingerprint density at radius 1 is 1.21 bits per heavy atom. The van der Waals surface area contributed by atoms with E-state index in [1.165, 1.54) is 0 Å². The Kier molecular flexibility index (Phi) is 4.38. The van der Waals surface area contributed by atoms with Crippen molar-refractivity contribution in [2.24, 2.45) is 0 Å². The lowest BCUT2D eigenvalue weighted by Gasteiger charge is -2.18. The molecule has 0 radical (unpaired) electrons. The molecule has 2 rings (SSSR count). The number of amides is 1. The van der Waals surface area contributed by atoms with Crippen LogP contribution < -0.4 is 0 Å². The van der Waals surface area contributed by atoms with Crippen LogP contribution in [0.4, 0.5) is 0 Å². The van der Waals surface area contributed by atoms with E-state index >= 15 is 0 Å². The highest BCUT2D eigenvalue weighted by molar-refractivity contribution is 6.31. The first kappa shape index (κ1) is 13.8. The molecule has 0 N–H and O–H groups in total. The van der Waals surface area contributed by atoms with Crippen molar-refractivity contribution in [2.75, 3.05) is 13.1 Å². The smallest absolute Gasteiger partial charge is 0.228 e. The van der Waals surface area contributed by atoms with Crippen LogP contribution in [0, 0.1) is 0 Å². The number of carbonyl (C=O) groups is 1. The van der Waals surface area contributed by atoms with Crippen molar-refractivity contribution in [2.45, 2.75) is 20.3 Å². The van der Waals surface area contributed by atoms with E-state index in [1.54, 1.807) is 0 Å². The fourth-order valence-corrected chi connectivity index (χ4v) is 2.26. The standard InChI is InChI=1S/C15H17ClN2O/c1-3-18(4-2)15(19)10-13-7-5-11-9-12(16)6-8-14(11)17-13/h5-9H,3-4,10H2,1-2H3. The Morgan fingerprint density at radius 2 is 1.95 bits per heavy atom. The van der Waals surface area contributed by atoms with Crippen LogP contribution in [0.5, 0.6) is 0 Å². The molecule has 0 unspecified atom stereocenters. The zero-order chi connectivity index (χ0) is 13.8. The minimum Gasteiger partial charge on any atom is -0.343 e. The predicted molar refractivity (Wildman–Crippen MR) is 78.4 cm³/mol. The van der Waals surface area contributed by atoms with Crippen molar-refractivity contribution in [3.8, 4) is 0 Å². The van der Waals surface area contributed by atoms with Crippen LogP contribution in [0.25, 0.3) is 10.9 Å². The quantitative estimate of drug-likeness (QED) is 0.858. The van der Waals surface area contributed by atoms with Crippen LogP contribution in [-0.2, 0) is 11.2 Å². The molecule has 3 nitrogen and oxygen atoms in total. The van der Waals surface area contributed by atoms with Gasteiger partial charge >= 0.3 is 0 Å². The average molecular weight is 277 g/mol. The van der Waals surface area contributed by atoms with E-state index in [-0.39, 0.29) is 5.91 Å². The number of nitrogens with zero attached hydrogens (tertiary/aromatic N) is 2. The largest absolute Gasteiger partial charge is 0.343 e. The van der Waals surface area contributed by atoms with E-state index in [4.69, 9.17) is 11.6 Å². The van der Waals surface area contributed by atoms with Gasteiger partial charge in [0.15, 0.2) is 0 Å². The lowest BCUT2D eigenvalue weighted by molar-refractivity contribution is -0.130. The summed E-state index contributed by atoms with van der Waals surface area (Å²) in [5.41, 5.74) is 1.67. The first-order chi connectivity index (χ1) is 9.13. The van der Waals surface area contributed by atoms with Gasteiger partial charge < -0.3 is 4.90 Å². The van der Waals surface area contributed by atoms with Crippen molar-refractivity contribution < 1.29 is 4.79 Å². The van der Waals surface area contributed by atoms with E-state index < -0.39 is 0 Å². The van der Waals surface area contributed by atoms with Crippen LogP contribution in [0.15, 0.2) is 30.3 Å². The molecule has 0 saturated heterocycles. The molecule has 4 heteroatoms. The number of benzene rings is 1. The van der Waals surface area contributed by atoms with E-state index in [2.05, 4.69) is 4.98 Å². The third kappa shape index (κ3) is 3.24. The number of fused-ring (bicyclic) bond motifs is 1. The van der Waals surface area contributed by atoms with Gasteiger partial charge in [0, 0.05) is 23.5 Å². The second-order valence-corrected chi connectivity index (χ2v) is 4.82.